The topological polar surface area (TPSA) is 108 Å². The van der Waals surface area contributed by atoms with Gasteiger partial charge in [0.25, 0.3) is 7.82 Å². The summed E-state index contributed by atoms with van der Waals surface area (Å²) in [5, 5.41) is 13.6. The molecule has 0 fully saturated rings. The van der Waals surface area contributed by atoms with Crippen LogP contribution in [0, 0.1) is 0 Å². The zero-order valence-corrected chi connectivity index (χ0v) is 30.4. The molecule has 0 saturated carbocycles. The Balaban J connectivity index is 4.74. The average Bonchev–Trinajstić information content (AvgIpc) is 2.99. The summed E-state index contributed by atoms with van der Waals surface area (Å²) in [4.78, 5) is 25.0. The van der Waals surface area contributed by atoms with Gasteiger partial charge in [0.2, 0.25) is 5.91 Å². The van der Waals surface area contributed by atoms with E-state index in [1.54, 1.807) is 6.08 Å². The number of aliphatic hydroxyl groups excluding tert-OH is 1. The van der Waals surface area contributed by atoms with Crippen molar-refractivity contribution in [3.05, 3.63) is 72.9 Å². The third kappa shape index (κ3) is 30.6. The van der Waals surface area contributed by atoms with Crippen LogP contribution in [0.25, 0.3) is 0 Å². The van der Waals surface area contributed by atoms with Gasteiger partial charge < -0.3 is 28.8 Å². The van der Waals surface area contributed by atoms with Gasteiger partial charge >= 0.3 is 0 Å². The minimum Gasteiger partial charge on any atom is -0.756 e. The highest BCUT2D eigenvalue weighted by Gasteiger charge is 2.23. The van der Waals surface area contributed by atoms with Gasteiger partial charge in [-0.2, -0.15) is 0 Å². The highest BCUT2D eigenvalue weighted by atomic mass is 31.2. The van der Waals surface area contributed by atoms with Gasteiger partial charge in [-0.15, -0.1) is 0 Å². The Kier molecular flexibility index (Phi) is 27.8. The SMILES string of the molecule is CC/C=C\C/C=C\C/C=C\CCCCCC(=O)NC(COP(=O)([O-])OCC[N+](C)(C)C)C(O)/C=C/CC/C=C/CC/C=C/CCC. The molecule has 0 spiro atoms. The maximum atomic E-state index is 12.7. The predicted molar refractivity (Wildman–Crippen MR) is 191 cm³/mol. The highest BCUT2D eigenvalue weighted by Crippen LogP contribution is 2.38. The maximum absolute atomic E-state index is 12.7. The predicted octanol–water partition coefficient (Wildman–Crippen LogP) is 7.88. The van der Waals surface area contributed by atoms with Crippen LogP contribution in [-0.2, 0) is 18.4 Å². The van der Waals surface area contributed by atoms with Crippen LogP contribution in [-0.4, -0.2) is 68.5 Å². The van der Waals surface area contributed by atoms with Crippen LogP contribution in [0.5, 0.6) is 0 Å². The van der Waals surface area contributed by atoms with E-state index in [-0.39, 0.29) is 18.9 Å². The summed E-state index contributed by atoms with van der Waals surface area (Å²) in [7, 11) is 1.19. The summed E-state index contributed by atoms with van der Waals surface area (Å²) in [6.07, 6.45) is 36.7. The summed E-state index contributed by atoms with van der Waals surface area (Å²) in [5.74, 6) is -0.249. The molecule has 0 aliphatic rings. The van der Waals surface area contributed by atoms with Gasteiger partial charge in [0, 0.05) is 6.42 Å². The standard InChI is InChI=1S/C37H65N2O6P/c1-6-8-10-12-14-16-18-19-21-23-25-27-29-31-37(41)38-35(34-45-46(42,43)44-33-32-39(3,4)5)36(40)30-28-26-24-22-20-17-15-13-11-9-7-2/h8,10-11,13-14,16,19-22,28,30,35-36,40H,6-7,9,12,15,17-18,23-27,29,31-34H2,1-5H3,(H-,38,41,42,43)/b10-8-,13-11+,16-14-,21-19-,22-20+,30-28+. The zero-order chi connectivity index (χ0) is 34.4. The van der Waals surface area contributed by atoms with Crippen molar-refractivity contribution in [3.8, 4) is 0 Å². The number of carbonyl (C=O) groups is 1. The molecule has 9 heteroatoms. The van der Waals surface area contributed by atoms with E-state index < -0.39 is 26.6 Å². The lowest BCUT2D eigenvalue weighted by Gasteiger charge is -2.29. The molecule has 0 aromatic rings. The van der Waals surface area contributed by atoms with E-state index in [0.717, 1.165) is 77.0 Å². The molecular weight excluding hydrogens is 599 g/mol. The third-order valence-electron chi connectivity index (χ3n) is 6.86. The van der Waals surface area contributed by atoms with Crippen molar-refractivity contribution in [1.29, 1.82) is 0 Å². The first kappa shape index (κ1) is 43.9. The molecule has 2 N–H and O–H groups in total. The van der Waals surface area contributed by atoms with Gasteiger partial charge in [-0.1, -0.05) is 99.6 Å². The number of nitrogens with zero attached hydrogens (tertiary/aromatic N) is 1. The van der Waals surface area contributed by atoms with Gasteiger partial charge in [-0.3, -0.25) is 9.36 Å². The van der Waals surface area contributed by atoms with Crippen LogP contribution >= 0.6 is 7.82 Å². The van der Waals surface area contributed by atoms with Gasteiger partial charge in [0.05, 0.1) is 39.9 Å². The second kappa shape index (κ2) is 29.1. The number of aliphatic hydroxyl groups is 1. The molecule has 8 nitrogen and oxygen atoms in total. The molecule has 264 valence electrons. The fourth-order valence-electron chi connectivity index (χ4n) is 4.08. The largest absolute Gasteiger partial charge is 0.756 e. The quantitative estimate of drug-likeness (QED) is 0.0365. The summed E-state index contributed by atoms with van der Waals surface area (Å²) >= 11 is 0. The number of phosphoric ester groups is 1. The molecule has 3 atom stereocenters. The summed E-state index contributed by atoms with van der Waals surface area (Å²) in [6.45, 7) is 4.34. The fraction of sp³-hybridized carbons (Fsp3) is 0.649. The maximum Gasteiger partial charge on any atom is 0.268 e. The van der Waals surface area contributed by atoms with E-state index in [0.29, 0.717) is 17.4 Å². The monoisotopic (exact) mass is 664 g/mol. The number of amides is 1. The van der Waals surface area contributed by atoms with Crippen molar-refractivity contribution in [2.75, 3.05) is 40.9 Å². The van der Waals surface area contributed by atoms with Crippen LogP contribution in [0.2, 0.25) is 0 Å². The Morgan fingerprint density at radius 3 is 1.96 bits per heavy atom. The Morgan fingerprint density at radius 2 is 1.35 bits per heavy atom. The average molecular weight is 665 g/mol. The molecule has 0 aliphatic heterocycles. The number of hydrogen-bond donors (Lipinski definition) is 2. The Morgan fingerprint density at radius 1 is 0.783 bits per heavy atom. The van der Waals surface area contributed by atoms with Crippen LogP contribution in [0.1, 0.15) is 104 Å². The number of likely N-dealkylation sites (N-methyl/N-ethyl adjacent to an activating group) is 1. The molecule has 0 heterocycles. The zero-order valence-electron chi connectivity index (χ0n) is 29.5. The van der Waals surface area contributed by atoms with Crippen molar-refractivity contribution >= 4 is 13.7 Å². The van der Waals surface area contributed by atoms with Crippen molar-refractivity contribution < 1.29 is 32.9 Å². The first-order valence-corrected chi connectivity index (χ1v) is 18.8. The normalized spacial score (nSPS) is 15.7. The van der Waals surface area contributed by atoms with Gasteiger partial charge in [-0.05, 0) is 70.6 Å². The lowest BCUT2D eigenvalue weighted by atomic mass is 10.1. The number of carbonyl (C=O) groups excluding carboxylic acids is 1. The van der Waals surface area contributed by atoms with Crippen LogP contribution in [0.4, 0.5) is 0 Å². The first-order valence-electron chi connectivity index (χ1n) is 17.3. The van der Waals surface area contributed by atoms with E-state index in [1.165, 1.54) is 0 Å². The van der Waals surface area contributed by atoms with E-state index in [4.69, 9.17) is 9.05 Å². The van der Waals surface area contributed by atoms with Crippen LogP contribution < -0.4 is 10.2 Å². The number of quaternary nitrogens is 1. The molecule has 0 aliphatic carbocycles. The van der Waals surface area contributed by atoms with Gasteiger partial charge in [-0.25, -0.2) is 0 Å². The van der Waals surface area contributed by atoms with Crippen LogP contribution in [0.3, 0.4) is 0 Å². The Labute approximate surface area is 281 Å². The smallest absolute Gasteiger partial charge is 0.268 e. The van der Waals surface area contributed by atoms with Crippen LogP contribution in [0.15, 0.2) is 72.9 Å². The molecule has 0 aromatic heterocycles. The lowest BCUT2D eigenvalue weighted by Crippen LogP contribution is -2.45. The van der Waals surface area contributed by atoms with Crippen molar-refractivity contribution in [3.63, 3.8) is 0 Å². The Bertz CT molecular complexity index is 981. The van der Waals surface area contributed by atoms with Gasteiger partial charge in [0.1, 0.15) is 13.2 Å². The van der Waals surface area contributed by atoms with E-state index >= 15 is 0 Å². The summed E-state index contributed by atoms with van der Waals surface area (Å²) < 4.78 is 23.0. The van der Waals surface area contributed by atoms with E-state index in [9.17, 15) is 19.4 Å². The number of hydrogen-bond acceptors (Lipinski definition) is 6. The molecule has 0 bridgehead atoms. The number of unbranched alkanes of at least 4 members (excludes halogenated alkanes) is 6. The number of nitrogens with one attached hydrogen (secondary N) is 1. The van der Waals surface area contributed by atoms with E-state index in [1.807, 2.05) is 27.2 Å². The van der Waals surface area contributed by atoms with Gasteiger partial charge in [0.15, 0.2) is 0 Å². The highest BCUT2D eigenvalue weighted by molar-refractivity contribution is 7.45. The molecule has 0 saturated heterocycles. The number of allylic oxidation sites excluding steroid dienone is 11. The second-order valence-corrected chi connectivity index (χ2v) is 13.9. The third-order valence-corrected chi connectivity index (χ3v) is 7.82. The number of phosphoric acid groups is 1. The van der Waals surface area contributed by atoms with Crippen molar-refractivity contribution in [2.24, 2.45) is 0 Å². The fourth-order valence-corrected chi connectivity index (χ4v) is 4.81. The first-order chi connectivity index (χ1) is 22.0. The Hall–Kier alpha value is -2.06. The minimum absolute atomic E-state index is 0.0190. The molecule has 46 heavy (non-hydrogen) atoms. The lowest BCUT2D eigenvalue weighted by molar-refractivity contribution is -0.870. The minimum atomic E-state index is -4.60. The molecule has 1 amide bonds. The molecular formula is C37H65N2O6P. The second-order valence-electron chi connectivity index (χ2n) is 12.5. The number of rotatable bonds is 29. The van der Waals surface area contributed by atoms with E-state index in [2.05, 4.69) is 79.9 Å². The molecule has 0 radical (unpaired) electrons. The summed E-state index contributed by atoms with van der Waals surface area (Å²) in [5.41, 5.74) is 0. The molecule has 0 aromatic carbocycles. The van der Waals surface area contributed by atoms with Crippen molar-refractivity contribution in [2.45, 2.75) is 116 Å². The summed E-state index contributed by atoms with van der Waals surface area (Å²) in [6, 6.07) is -0.924. The van der Waals surface area contributed by atoms with Crippen molar-refractivity contribution in [1.82, 2.24) is 5.32 Å². The molecule has 3 unspecified atom stereocenters. The molecule has 0 rings (SSSR count).